The number of amides is 1. The van der Waals surface area contributed by atoms with Crippen LogP contribution in [0, 0.1) is 6.92 Å². The number of benzene rings is 2. The number of nitrogens with zero attached hydrogens (tertiary/aromatic N) is 3. The SMILES string of the molecule is Cc1ccc2oc(C(=O)NCc3ccc(Cn4cncn4)cc3)cc(=O)c2c1. The lowest BCUT2D eigenvalue weighted by Gasteiger charge is -2.07. The first-order valence-electron chi connectivity index (χ1n) is 8.81. The summed E-state index contributed by atoms with van der Waals surface area (Å²) < 4.78 is 7.33. The minimum absolute atomic E-state index is 0.00385. The van der Waals surface area contributed by atoms with Crippen LogP contribution < -0.4 is 10.7 Å². The van der Waals surface area contributed by atoms with Gasteiger partial charge in [0.25, 0.3) is 5.91 Å². The fourth-order valence-electron chi connectivity index (χ4n) is 2.92. The molecule has 2 aromatic heterocycles. The third-order valence-corrected chi connectivity index (χ3v) is 4.39. The number of hydrogen-bond acceptors (Lipinski definition) is 5. The normalized spacial score (nSPS) is 10.9. The van der Waals surface area contributed by atoms with Gasteiger partial charge in [0.05, 0.1) is 11.9 Å². The summed E-state index contributed by atoms with van der Waals surface area (Å²) in [7, 11) is 0. The van der Waals surface area contributed by atoms with Crippen LogP contribution in [-0.4, -0.2) is 20.7 Å². The van der Waals surface area contributed by atoms with Gasteiger partial charge in [0.15, 0.2) is 11.2 Å². The fraction of sp³-hybridized carbons (Fsp3) is 0.143. The lowest BCUT2D eigenvalue weighted by Crippen LogP contribution is -2.24. The van der Waals surface area contributed by atoms with Gasteiger partial charge < -0.3 is 9.73 Å². The van der Waals surface area contributed by atoms with Crippen LogP contribution in [0.2, 0.25) is 0 Å². The monoisotopic (exact) mass is 374 g/mol. The quantitative estimate of drug-likeness (QED) is 0.580. The molecule has 7 nitrogen and oxygen atoms in total. The molecule has 4 aromatic rings. The first-order valence-corrected chi connectivity index (χ1v) is 8.81. The van der Waals surface area contributed by atoms with Crippen molar-refractivity contribution in [3.8, 4) is 0 Å². The highest BCUT2D eigenvalue weighted by Gasteiger charge is 2.12. The maximum absolute atomic E-state index is 12.4. The molecule has 1 N–H and O–H groups in total. The third kappa shape index (κ3) is 3.83. The molecule has 0 fully saturated rings. The summed E-state index contributed by atoms with van der Waals surface area (Å²) in [5, 5.41) is 7.33. The van der Waals surface area contributed by atoms with Crippen LogP contribution in [0.15, 0.2) is 70.4 Å². The van der Waals surface area contributed by atoms with Gasteiger partial charge in [0.1, 0.15) is 18.2 Å². The summed E-state index contributed by atoms with van der Waals surface area (Å²) in [6.45, 7) is 2.86. The van der Waals surface area contributed by atoms with Crippen LogP contribution in [0.25, 0.3) is 11.0 Å². The van der Waals surface area contributed by atoms with E-state index in [-0.39, 0.29) is 11.2 Å². The summed E-state index contributed by atoms with van der Waals surface area (Å²) in [6.07, 6.45) is 3.16. The maximum Gasteiger partial charge on any atom is 0.287 e. The number of nitrogens with one attached hydrogen (secondary N) is 1. The first kappa shape index (κ1) is 17.7. The topological polar surface area (TPSA) is 90.0 Å². The van der Waals surface area contributed by atoms with E-state index in [1.54, 1.807) is 23.1 Å². The highest BCUT2D eigenvalue weighted by atomic mass is 16.3. The second kappa shape index (κ2) is 7.48. The molecule has 0 atom stereocenters. The molecule has 2 aromatic carbocycles. The Morgan fingerprint density at radius 1 is 1.11 bits per heavy atom. The van der Waals surface area contributed by atoms with Gasteiger partial charge in [-0.2, -0.15) is 5.10 Å². The smallest absolute Gasteiger partial charge is 0.287 e. The Kier molecular flexibility index (Phi) is 4.72. The Morgan fingerprint density at radius 3 is 2.64 bits per heavy atom. The largest absolute Gasteiger partial charge is 0.451 e. The second-order valence-electron chi connectivity index (χ2n) is 6.57. The van der Waals surface area contributed by atoms with Crippen molar-refractivity contribution in [3.05, 3.63) is 93.9 Å². The number of carbonyl (C=O) groups is 1. The minimum atomic E-state index is -0.425. The summed E-state index contributed by atoms with van der Waals surface area (Å²) in [4.78, 5) is 28.6. The average molecular weight is 374 g/mol. The molecule has 1 amide bonds. The van der Waals surface area contributed by atoms with Crippen molar-refractivity contribution in [2.45, 2.75) is 20.0 Å². The number of aromatic nitrogens is 3. The summed E-state index contributed by atoms with van der Waals surface area (Å²) >= 11 is 0. The average Bonchev–Trinajstić information content (AvgIpc) is 3.20. The predicted molar refractivity (Wildman–Crippen MR) is 104 cm³/mol. The summed E-state index contributed by atoms with van der Waals surface area (Å²) in [5.74, 6) is -0.421. The van der Waals surface area contributed by atoms with E-state index < -0.39 is 5.91 Å². The van der Waals surface area contributed by atoms with Crippen LogP contribution in [-0.2, 0) is 13.1 Å². The van der Waals surface area contributed by atoms with E-state index in [1.165, 1.54) is 12.4 Å². The van der Waals surface area contributed by atoms with Crippen molar-refractivity contribution in [2.75, 3.05) is 0 Å². The van der Waals surface area contributed by atoms with Crippen molar-refractivity contribution >= 4 is 16.9 Å². The van der Waals surface area contributed by atoms with Gasteiger partial charge in [-0.1, -0.05) is 35.9 Å². The molecule has 4 rings (SSSR count). The van der Waals surface area contributed by atoms with Gasteiger partial charge in [-0.05, 0) is 30.2 Å². The van der Waals surface area contributed by atoms with Gasteiger partial charge >= 0.3 is 0 Å². The van der Waals surface area contributed by atoms with E-state index in [0.717, 1.165) is 16.7 Å². The highest BCUT2D eigenvalue weighted by molar-refractivity contribution is 5.93. The molecule has 0 saturated heterocycles. The molecule has 0 aliphatic heterocycles. The third-order valence-electron chi connectivity index (χ3n) is 4.39. The fourth-order valence-corrected chi connectivity index (χ4v) is 2.92. The molecule has 0 unspecified atom stereocenters. The number of aryl methyl sites for hydroxylation is 1. The Morgan fingerprint density at radius 2 is 1.89 bits per heavy atom. The van der Waals surface area contributed by atoms with E-state index in [1.807, 2.05) is 37.3 Å². The zero-order valence-corrected chi connectivity index (χ0v) is 15.3. The number of hydrogen-bond donors (Lipinski definition) is 1. The van der Waals surface area contributed by atoms with E-state index in [4.69, 9.17) is 4.42 Å². The standard InChI is InChI=1S/C21H18N4O3/c1-14-2-7-19-17(8-14)18(26)9-20(28-19)21(27)23-10-15-3-5-16(6-4-15)11-25-13-22-12-24-25/h2-9,12-13H,10-11H2,1H3,(H,23,27). The van der Waals surface area contributed by atoms with Gasteiger partial charge in [-0.15, -0.1) is 0 Å². The Labute approximate surface area is 160 Å². The number of carbonyl (C=O) groups excluding carboxylic acids is 1. The Balaban J connectivity index is 1.43. The second-order valence-corrected chi connectivity index (χ2v) is 6.57. The van der Waals surface area contributed by atoms with Crippen molar-refractivity contribution in [2.24, 2.45) is 0 Å². The zero-order chi connectivity index (χ0) is 19.5. The van der Waals surface area contributed by atoms with Crippen molar-refractivity contribution < 1.29 is 9.21 Å². The molecule has 0 aliphatic carbocycles. The molecule has 0 aliphatic rings. The maximum atomic E-state index is 12.4. The predicted octanol–water partition coefficient (Wildman–Crippen LogP) is 2.67. The van der Waals surface area contributed by atoms with Gasteiger partial charge in [0, 0.05) is 12.6 Å². The molecule has 7 heteroatoms. The molecule has 0 bridgehead atoms. The molecular formula is C21H18N4O3. The van der Waals surface area contributed by atoms with Gasteiger partial charge in [-0.25, -0.2) is 9.67 Å². The van der Waals surface area contributed by atoms with Crippen molar-refractivity contribution in [1.29, 1.82) is 0 Å². The number of fused-ring (bicyclic) bond motifs is 1. The van der Waals surface area contributed by atoms with Crippen LogP contribution in [0.4, 0.5) is 0 Å². The lowest BCUT2D eigenvalue weighted by molar-refractivity contribution is 0.0923. The Hall–Kier alpha value is -3.74. The van der Waals surface area contributed by atoms with Crippen molar-refractivity contribution in [3.63, 3.8) is 0 Å². The lowest BCUT2D eigenvalue weighted by atomic mass is 10.1. The molecule has 0 saturated carbocycles. The number of rotatable bonds is 5. The first-order chi connectivity index (χ1) is 13.6. The molecule has 28 heavy (non-hydrogen) atoms. The van der Waals surface area contributed by atoms with E-state index in [0.29, 0.717) is 24.1 Å². The molecule has 0 spiro atoms. The summed E-state index contributed by atoms with van der Waals surface area (Å²) in [5.41, 5.74) is 3.16. The summed E-state index contributed by atoms with van der Waals surface area (Å²) in [6, 6.07) is 14.4. The Bertz CT molecular complexity index is 1180. The van der Waals surface area contributed by atoms with Crippen molar-refractivity contribution in [1.82, 2.24) is 20.1 Å². The van der Waals surface area contributed by atoms with Crippen LogP contribution in [0.5, 0.6) is 0 Å². The van der Waals surface area contributed by atoms with Crippen LogP contribution >= 0.6 is 0 Å². The van der Waals surface area contributed by atoms with Gasteiger partial charge in [0.2, 0.25) is 0 Å². The van der Waals surface area contributed by atoms with E-state index in [2.05, 4.69) is 15.4 Å². The van der Waals surface area contributed by atoms with Crippen LogP contribution in [0.1, 0.15) is 27.2 Å². The zero-order valence-electron chi connectivity index (χ0n) is 15.3. The molecule has 140 valence electrons. The minimum Gasteiger partial charge on any atom is -0.451 e. The van der Waals surface area contributed by atoms with E-state index in [9.17, 15) is 9.59 Å². The van der Waals surface area contributed by atoms with Crippen LogP contribution in [0.3, 0.4) is 0 Å². The van der Waals surface area contributed by atoms with Gasteiger partial charge in [-0.3, -0.25) is 9.59 Å². The molecule has 0 radical (unpaired) electrons. The molecule has 2 heterocycles. The van der Waals surface area contributed by atoms with E-state index >= 15 is 0 Å². The molecular weight excluding hydrogens is 356 g/mol. The highest BCUT2D eigenvalue weighted by Crippen LogP contribution is 2.14.